The van der Waals surface area contributed by atoms with Crippen molar-refractivity contribution in [3.63, 3.8) is 0 Å². The first-order valence-electron chi connectivity index (χ1n) is 9.88. The van der Waals surface area contributed by atoms with Crippen molar-refractivity contribution in [1.29, 1.82) is 0 Å². The second-order valence-corrected chi connectivity index (χ2v) is 8.13. The Kier molecular flexibility index (Phi) is 6.51. The highest BCUT2D eigenvalue weighted by atomic mass is 32.1. The lowest BCUT2D eigenvalue weighted by Crippen LogP contribution is -2.08. The van der Waals surface area contributed by atoms with Crippen LogP contribution in [-0.4, -0.2) is 22.1 Å². The Morgan fingerprint density at radius 1 is 1.09 bits per heavy atom. The monoisotopic (exact) mass is 458 g/mol. The van der Waals surface area contributed by atoms with Crippen molar-refractivity contribution in [1.82, 2.24) is 4.98 Å². The average Bonchev–Trinajstić information content (AvgIpc) is 3.21. The lowest BCUT2D eigenvalue weighted by atomic mass is 10.1. The molecule has 8 nitrogen and oxygen atoms in total. The Bertz CT molecular complexity index is 1320. The first-order chi connectivity index (χ1) is 16.0. The quantitative estimate of drug-likeness (QED) is 0.125. The van der Waals surface area contributed by atoms with Gasteiger partial charge in [0.2, 0.25) is 5.13 Å². The minimum Gasteiger partial charge on any atom is -0.423 e. The molecule has 0 saturated heterocycles. The zero-order valence-electron chi connectivity index (χ0n) is 17.5. The first-order valence-corrected chi connectivity index (χ1v) is 10.7. The van der Waals surface area contributed by atoms with Crippen molar-refractivity contribution >= 4 is 34.3 Å². The average molecular weight is 458 g/mol. The topological polar surface area (TPSA) is 107 Å². The van der Waals surface area contributed by atoms with Gasteiger partial charge in [0.05, 0.1) is 22.4 Å². The van der Waals surface area contributed by atoms with Crippen molar-refractivity contribution in [2.45, 2.75) is 6.92 Å². The van der Waals surface area contributed by atoms with Crippen LogP contribution in [0.5, 0.6) is 5.75 Å². The lowest BCUT2D eigenvalue weighted by Gasteiger charge is -2.04. The van der Waals surface area contributed by atoms with Crippen LogP contribution >= 0.6 is 11.3 Å². The molecule has 3 aromatic carbocycles. The van der Waals surface area contributed by atoms with Gasteiger partial charge in [0.25, 0.3) is 5.69 Å². The summed E-state index contributed by atoms with van der Waals surface area (Å²) in [5.74, 6) is -0.352. The molecular formula is C24H18N4O4S. The van der Waals surface area contributed by atoms with Gasteiger partial charge in [-0.25, -0.2) is 9.78 Å². The first kappa shape index (κ1) is 21.8. The van der Waals surface area contributed by atoms with E-state index in [0.717, 1.165) is 21.7 Å². The number of nitro groups is 1. The fourth-order valence-corrected chi connectivity index (χ4v) is 3.79. The fraction of sp³-hybridized carbons (Fsp3) is 0.0417. The number of rotatable bonds is 7. The van der Waals surface area contributed by atoms with Crippen LogP contribution in [0.3, 0.4) is 0 Å². The second-order valence-electron chi connectivity index (χ2n) is 6.93. The highest BCUT2D eigenvalue weighted by molar-refractivity contribution is 7.15. The van der Waals surface area contributed by atoms with Gasteiger partial charge >= 0.3 is 5.97 Å². The number of aryl methyl sites for hydroxylation is 1. The Hall–Kier alpha value is -4.37. The van der Waals surface area contributed by atoms with Gasteiger partial charge in [-0.2, -0.15) is 5.10 Å². The molecule has 4 aromatic rings. The van der Waals surface area contributed by atoms with Gasteiger partial charge in [-0.15, -0.1) is 11.3 Å². The summed E-state index contributed by atoms with van der Waals surface area (Å²) in [5.41, 5.74) is 5.64. The summed E-state index contributed by atoms with van der Waals surface area (Å²) in [6.07, 6.45) is 1.63. The molecule has 0 atom stereocenters. The number of carbonyl (C=O) groups excluding carboxylic acids is 1. The summed E-state index contributed by atoms with van der Waals surface area (Å²) in [6, 6.07) is 22.1. The van der Waals surface area contributed by atoms with Gasteiger partial charge in [-0.05, 0) is 42.8 Å². The van der Waals surface area contributed by atoms with Crippen molar-refractivity contribution in [2.75, 3.05) is 5.43 Å². The number of nitrogens with one attached hydrogen (secondary N) is 1. The van der Waals surface area contributed by atoms with E-state index < -0.39 is 10.9 Å². The summed E-state index contributed by atoms with van der Waals surface area (Å²) < 4.78 is 5.29. The van der Waals surface area contributed by atoms with Crippen LogP contribution in [0.15, 0.2) is 84.0 Å². The molecule has 0 amide bonds. The van der Waals surface area contributed by atoms with Crippen LogP contribution in [0.2, 0.25) is 0 Å². The molecule has 0 spiro atoms. The van der Waals surface area contributed by atoms with Gasteiger partial charge < -0.3 is 4.74 Å². The summed E-state index contributed by atoms with van der Waals surface area (Å²) in [6.45, 7) is 2.02. The van der Waals surface area contributed by atoms with Gasteiger partial charge in [0, 0.05) is 22.6 Å². The molecule has 0 bridgehead atoms. The van der Waals surface area contributed by atoms with Crippen molar-refractivity contribution in [3.8, 4) is 17.0 Å². The summed E-state index contributed by atoms with van der Waals surface area (Å²) in [4.78, 5) is 28.2. The zero-order valence-corrected chi connectivity index (χ0v) is 18.3. The number of non-ortho nitro benzene ring substituents is 1. The summed E-state index contributed by atoms with van der Waals surface area (Å²) >= 11 is 1.52. The smallest absolute Gasteiger partial charge is 0.343 e. The minimum atomic E-state index is -0.671. The van der Waals surface area contributed by atoms with E-state index in [-0.39, 0.29) is 11.3 Å². The zero-order chi connectivity index (χ0) is 23.2. The van der Waals surface area contributed by atoms with Gasteiger partial charge in [0.15, 0.2) is 0 Å². The molecular weight excluding hydrogens is 440 g/mol. The van der Waals surface area contributed by atoms with E-state index in [4.69, 9.17) is 4.74 Å². The maximum atomic E-state index is 12.2. The number of benzene rings is 3. The number of esters is 1. The standard InChI is InChI=1S/C24H18N4O4S/c1-16-22(18-6-3-2-4-7-18)26-24(33-16)27-25-15-17-10-12-21(13-11-17)32-23(29)19-8-5-9-20(14-19)28(30)31/h2-15H,1H3,(H,26,27)/b25-15+. The molecule has 1 N–H and O–H groups in total. The molecule has 9 heteroatoms. The molecule has 0 radical (unpaired) electrons. The van der Waals surface area contributed by atoms with Gasteiger partial charge in [-0.3, -0.25) is 15.5 Å². The summed E-state index contributed by atoms with van der Waals surface area (Å²) in [7, 11) is 0. The Morgan fingerprint density at radius 3 is 2.58 bits per heavy atom. The number of hydrogen-bond acceptors (Lipinski definition) is 8. The van der Waals surface area contributed by atoms with E-state index in [0.29, 0.717) is 10.9 Å². The van der Waals surface area contributed by atoms with E-state index in [1.165, 1.54) is 35.6 Å². The number of ether oxygens (including phenoxy) is 1. The van der Waals surface area contributed by atoms with Gasteiger partial charge in [0.1, 0.15) is 5.75 Å². The van der Waals surface area contributed by atoms with Gasteiger partial charge in [-0.1, -0.05) is 36.4 Å². The van der Waals surface area contributed by atoms with E-state index in [1.807, 2.05) is 37.3 Å². The molecule has 164 valence electrons. The Labute approximate surface area is 193 Å². The molecule has 33 heavy (non-hydrogen) atoms. The third kappa shape index (κ3) is 5.46. The number of thiazole rings is 1. The number of aromatic nitrogens is 1. The van der Waals surface area contributed by atoms with Crippen LogP contribution in [0.25, 0.3) is 11.3 Å². The maximum Gasteiger partial charge on any atom is 0.343 e. The molecule has 0 aliphatic heterocycles. The fourth-order valence-electron chi connectivity index (χ4n) is 3.00. The maximum absolute atomic E-state index is 12.2. The highest BCUT2D eigenvalue weighted by Gasteiger charge is 2.13. The van der Waals surface area contributed by atoms with Crippen LogP contribution in [0.4, 0.5) is 10.8 Å². The molecule has 0 aliphatic rings. The SMILES string of the molecule is Cc1sc(N/N=C/c2ccc(OC(=O)c3cccc([N+](=O)[O-])c3)cc2)nc1-c1ccccc1. The highest BCUT2D eigenvalue weighted by Crippen LogP contribution is 2.30. The van der Waals surface area contributed by atoms with E-state index >= 15 is 0 Å². The largest absolute Gasteiger partial charge is 0.423 e. The van der Waals surface area contributed by atoms with Crippen LogP contribution in [0, 0.1) is 17.0 Å². The summed E-state index contributed by atoms with van der Waals surface area (Å²) in [5, 5.41) is 15.8. The molecule has 0 aliphatic carbocycles. The lowest BCUT2D eigenvalue weighted by molar-refractivity contribution is -0.384. The van der Waals surface area contributed by atoms with Crippen LogP contribution in [-0.2, 0) is 0 Å². The predicted molar refractivity (Wildman–Crippen MR) is 128 cm³/mol. The number of carbonyl (C=O) groups is 1. The predicted octanol–water partition coefficient (Wildman–Crippen LogP) is 5.69. The van der Waals surface area contributed by atoms with Crippen molar-refractivity contribution < 1.29 is 14.5 Å². The number of hydrazone groups is 1. The molecule has 4 rings (SSSR count). The number of nitro benzene ring substituents is 1. The van der Waals surface area contributed by atoms with E-state index in [1.54, 1.807) is 30.5 Å². The second kappa shape index (κ2) is 9.84. The van der Waals surface area contributed by atoms with E-state index in [9.17, 15) is 14.9 Å². The normalized spacial score (nSPS) is 10.8. The van der Waals surface area contributed by atoms with E-state index in [2.05, 4.69) is 15.5 Å². The van der Waals surface area contributed by atoms with Crippen molar-refractivity contribution in [2.24, 2.45) is 5.10 Å². The number of hydrogen-bond donors (Lipinski definition) is 1. The molecule has 0 fully saturated rings. The third-order valence-corrected chi connectivity index (χ3v) is 5.48. The molecule has 1 heterocycles. The Morgan fingerprint density at radius 2 is 1.85 bits per heavy atom. The van der Waals surface area contributed by atoms with Crippen LogP contribution < -0.4 is 10.2 Å². The molecule has 1 aromatic heterocycles. The molecule has 0 saturated carbocycles. The Balaban J connectivity index is 1.37. The number of anilines is 1. The number of nitrogens with zero attached hydrogens (tertiary/aromatic N) is 3. The molecule has 0 unspecified atom stereocenters. The third-order valence-electron chi connectivity index (χ3n) is 4.60. The van der Waals surface area contributed by atoms with Crippen molar-refractivity contribution in [3.05, 3.63) is 105 Å². The van der Waals surface area contributed by atoms with Crippen LogP contribution in [0.1, 0.15) is 20.8 Å². The minimum absolute atomic E-state index is 0.104.